The van der Waals surface area contributed by atoms with E-state index in [0.717, 1.165) is 16.9 Å². The van der Waals surface area contributed by atoms with Crippen molar-refractivity contribution in [1.82, 2.24) is 5.32 Å². The monoisotopic (exact) mass is 355 g/mol. The lowest BCUT2D eigenvalue weighted by atomic mass is 10.2. The molecular formula is C20H25N3O3. The summed E-state index contributed by atoms with van der Waals surface area (Å²) in [5, 5.41) is 8.32. The first-order chi connectivity index (χ1) is 12.3. The molecule has 26 heavy (non-hydrogen) atoms. The topological polar surface area (TPSA) is 79.5 Å². The Balaban J connectivity index is 1.91. The van der Waals surface area contributed by atoms with Gasteiger partial charge in [-0.3, -0.25) is 4.79 Å². The van der Waals surface area contributed by atoms with Gasteiger partial charge in [-0.2, -0.15) is 0 Å². The van der Waals surface area contributed by atoms with Gasteiger partial charge in [-0.25, -0.2) is 4.79 Å². The highest BCUT2D eigenvalue weighted by Gasteiger charge is 2.07. The minimum atomic E-state index is -0.310. The van der Waals surface area contributed by atoms with Crippen LogP contribution in [0.15, 0.2) is 42.5 Å². The molecule has 0 aromatic heterocycles. The van der Waals surface area contributed by atoms with Crippen LogP contribution in [0.1, 0.15) is 31.9 Å². The number of urea groups is 1. The van der Waals surface area contributed by atoms with Crippen LogP contribution in [0.4, 0.5) is 16.2 Å². The maximum atomic E-state index is 12.1. The van der Waals surface area contributed by atoms with E-state index in [1.807, 2.05) is 51.1 Å². The molecule has 0 bridgehead atoms. The van der Waals surface area contributed by atoms with Gasteiger partial charge in [0.1, 0.15) is 5.75 Å². The summed E-state index contributed by atoms with van der Waals surface area (Å²) in [7, 11) is 0. The lowest BCUT2D eigenvalue weighted by Crippen LogP contribution is -2.28. The molecule has 0 aliphatic carbocycles. The van der Waals surface area contributed by atoms with Crippen LogP contribution >= 0.6 is 0 Å². The Hall–Kier alpha value is -3.02. The van der Waals surface area contributed by atoms with Crippen molar-refractivity contribution in [1.29, 1.82) is 0 Å². The van der Waals surface area contributed by atoms with Gasteiger partial charge in [-0.05, 0) is 56.2 Å². The number of hydrogen-bond acceptors (Lipinski definition) is 3. The molecule has 2 aromatic rings. The first kappa shape index (κ1) is 19.3. The van der Waals surface area contributed by atoms with E-state index in [2.05, 4.69) is 16.0 Å². The van der Waals surface area contributed by atoms with Crippen LogP contribution in [-0.2, 0) is 11.3 Å². The molecule has 0 heterocycles. The molecule has 0 radical (unpaired) electrons. The van der Waals surface area contributed by atoms with E-state index in [4.69, 9.17) is 4.74 Å². The summed E-state index contributed by atoms with van der Waals surface area (Å²) >= 11 is 0. The van der Waals surface area contributed by atoms with Gasteiger partial charge in [-0.15, -0.1) is 0 Å². The van der Waals surface area contributed by atoms with Crippen LogP contribution in [-0.4, -0.2) is 18.0 Å². The lowest BCUT2D eigenvalue weighted by molar-refractivity contribution is -0.114. The maximum absolute atomic E-state index is 12.1. The number of benzene rings is 2. The highest BCUT2D eigenvalue weighted by atomic mass is 16.5. The van der Waals surface area contributed by atoms with E-state index in [0.29, 0.717) is 17.9 Å². The van der Waals surface area contributed by atoms with E-state index in [-0.39, 0.29) is 18.0 Å². The quantitative estimate of drug-likeness (QED) is 0.731. The molecule has 0 spiro atoms. The van der Waals surface area contributed by atoms with Crippen LogP contribution in [0.3, 0.4) is 0 Å². The number of rotatable bonds is 6. The molecule has 3 amide bonds. The van der Waals surface area contributed by atoms with Crippen molar-refractivity contribution in [2.45, 2.75) is 40.3 Å². The van der Waals surface area contributed by atoms with Gasteiger partial charge in [-0.1, -0.05) is 18.2 Å². The van der Waals surface area contributed by atoms with Gasteiger partial charge >= 0.3 is 6.03 Å². The number of nitrogens with one attached hydrogen (secondary N) is 3. The fraction of sp³-hybridized carbons (Fsp3) is 0.300. The molecule has 2 rings (SSSR count). The standard InChI is InChI=1S/C20H25N3O3/c1-13(2)26-18-9-6-16(7-10-18)12-21-20(25)23-19-11-17(22-15(4)24)8-5-14(19)3/h5-11,13H,12H2,1-4H3,(H,22,24)(H2,21,23,25). The summed E-state index contributed by atoms with van der Waals surface area (Å²) in [4.78, 5) is 23.3. The minimum absolute atomic E-state index is 0.126. The first-order valence-electron chi connectivity index (χ1n) is 8.52. The zero-order valence-corrected chi connectivity index (χ0v) is 15.6. The number of carbonyl (C=O) groups excluding carboxylic acids is 2. The van der Waals surface area contributed by atoms with E-state index in [1.165, 1.54) is 6.92 Å². The Kier molecular flexibility index (Phi) is 6.60. The Bertz CT molecular complexity index is 770. The Morgan fingerprint density at radius 1 is 1.04 bits per heavy atom. The number of ether oxygens (including phenoxy) is 1. The second-order valence-corrected chi connectivity index (χ2v) is 6.33. The van der Waals surface area contributed by atoms with Gasteiger partial charge in [0.25, 0.3) is 0 Å². The number of anilines is 2. The summed E-state index contributed by atoms with van der Waals surface area (Å²) in [6.45, 7) is 7.68. The predicted octanol–water partition coefficient (Wildman–Crippen LogP) is 4.06. The SMILES string of the molecule is CC(=O)Nc1ccc(C)c(NC(=O)NCc2ccc(OC(C)C)cc2)c1. The van der Waals surface area contributed by atoms with Crippen molar-refractivity contribution in [3.63, 3.8) is 0 Å². The summed E-state index contributed by atoms with van der Waals surface area (Å²) in [5.41, 5.74) is 3.16. The molecule has 6 nitrogen and oxygen atoms in total. The first-order valence-corrected chi connectivity index (χ1v) is 8.52. The zero-order valence-electron chi connectivity index (χ0n) is 15.6. The van der Waals surface area contributed by atoms with Gasteiger partial charge in [0, 0.05) is 24.8 Å². The Morgan fingerprint density at radius 3 is 2.35 bits per heavy atom. The fourth-order valence-corrected chi connectivity index (χ4v) is 2.34. The van der Waals surface area contributed by atoms with Crippen LogP contribution in [0.5, 0.6) is 5.75 Å². The fourth-order valence-electron chi connectivity index (χ4n) is 2.34. The summed E-state index contributed by atoms with van der Waals surface area (Å²) < 4.78 is 5.60. The van der Waals surface area contributed by atoms with E-state index in [9.17, 15) is 9.59 Å². The van der Waals surface area contributed by atoms with E-state index >= 15 is 0 Å². The normalized spacial score (nSPS) is 10.3. The van der Waals surface area contributed by atoms with Gasteiger partial charge in [0.15, 0.2) is 0 Å². The molecule has 0 unspecified atom stereocenters. The molecular weight excluding hydrogens is 330 g/mol. The largest absolute Gasteiger partial charge is 0.491 e. The van der Waals surface area contributed by atoms with E-state index < -0.39 is 0 Å². The predicted molar refractivity (Wildman–Crippen MR) is 104 cm³/mol. The van der Waals surface area contributed by atoms with Crippen molar-refractivity contribution in [2.24, 2.45) is 0 Å². The smallest absolute Gasteiger partial charge is 0.319 e. The van der Waals surface area contributed by atoms with Crippen LogP contribution in [0.25, 0.3) is 0 Å². The molecule has 138 valence electrons. The average molecular weight is 355 g/mol. The molecule has 0 saturated carbocycles. The van der Waals surface area contributed by atoms with Crippen molar-refractivity contribution in [3.05, 3.63) is 53.6 Å². The molecule has 0 aliphatic rings. The van der Waals surface area contributed by atoms with Gasteiger partial charge in [0.2, 0.25) is 5.91 Å². The lowest BCUT2D eigenvalue weighted by Gasteiger charge is -2.13. The van der Waals surface area contributed by atoms with Crippen molar-refractivity contribution >= 4 is 23.3 Å². The third-order valence-electron chi connectivity index (χ3n) is 3.55. The van der Waals surface area contributed by atoms with E-state index in [1.54, 1.807) is 12.1 Å². The highest BCUT2D eigenvalue weighted by molar-refractivity contribution is 5.93. The summed E-state index contributed by atoms with van der Waals surface area (Å²) in [6, 6.07) is 12.7. The second-order valence-electron chi connectivity index (χ2n) is 6.33. The second kappa shape index (κ2) is 8.89. The maximum Gasteiger partial charge on any atom is 0.319 e. The van der Waals surface area contributed by atoms with Crippen LogP contribution in [0, 0.1) is 6.92 Å². The highest BCUT2D eigenvalue weighted by Crippen LogP contribution is 2.20. The minimum Gasteiger partial charge on any atom is -0.491 e. The molecule has 0 fully saturated rings. The molecule has 6 heteroatoms. The van der Waals surface area contributed by atoms with Gasteiger partial charge in [0.05, 0.1) is 6.10 Å². The van der Waals surface area contributed by atoms with Crippen molar-refractivity contribution in [2.75, 3.05) is 10.6 Å². The average Bonchev–Trinajstić information content (AvgIpc) is 2.56. The summed E-state index contributed by atoms with van der Waals surface area (Å²) in [5.74, 6) is 0.646. The molecule has 0 saturated heterocycles. The zero-order chi connectivity index (χ0) is 19.1. The van der Waals surface area contributed by atoms with Crippen LogP contribution in [0.2, 0.25) is 0 Å². The number of carbonyl (C=O) groups is 2. The van der Waals surface area contributed by atoms with Gasteiger partial charge < -0.3 is 20.7 Å². The molecule has 3 N–H and O–H groups in total. The van der Waals surface area contributed by atoms with Crippen molar-refractivity contribution in [3.8, 4) is 5.75 Å². The number of aryl methyl sites for hydroxylation is 1. The Labute approximate surface area is 153 Å². The number of amides is 3. The third-order valence-corrected chi connectivity index (χ3v) is 3.55. The molecule has 2 aromatic carbocycles. The number of hydrogen-bond donors (Lipinski definition) is 3. The third kappa shape index (κ3) is 6.12. The molecule has 0 aliphatic heterocycles. The van der Waals surface area contributed by atoms with Crippen LogP contribution < -0.4 is 20.7 Å². The summed E-state index contributed by atoms with van der Waals surface area (Å²) in [6.07, 6.45) is 0.126. The molecule has 0 atom stereocenters. The van der Waals surface area contributed by atoms with Crippen molar-refractivity contribution < 1.29 is 14.3 Å². The Morgan fingerprint density at radius 2 is 1.73 bits per heavy atom.